The zero-order chi connectivity index (χ0) is 20.6. The SMILES string of the molecule is CCNC(=NCCS(=O)(=O)NCC1CCC1)NC(C)c1cc(C)ccc1OC.I. The first-order chi connectivity index (χ1) is 13.3. The first-order valence-corrected chi connectivity index (χ1v) is 11.7. The van der Waals surface area contributed by atoms with Crippen molar-refractivity contribution < 1.29 is 13.2 Å². The van der Waals surface area contributed by atoms with E-state index >= 15 is 0 Å². The van der Waals surface area contributed by atoms with Gasteiger partial charge >= 0.3 is 0 Å². The molecular weight excluding hydrogens is 503 g/mol. The molecule has 1 fully saturated rings. The number of hydrogen-bond acceptors (Lipinski definition) is 4. The molecule has 0 aliphatic heterocycles. The van der Waals surface area contributed by atoms with Crippen LogP contribution in [0.25, 0.3) is 0 Å². The fourth-order valence-electron chi connectivity index (χ4n) is 3.09. The Balaban J connectivity index is 0.00000420. The van der Waals surface area contributed by atoms with Gasteiger partial charge in [-0.25, -0.2) is 13.1 Å². The summed E-state index contributed by atoms with van der Waals surface area (Å²) in [6.45, 7) is 7.49. The Labute approximate surface area is 192 Å². The van der Waals surface area contributed by atoms with Gasteiger partial charge in [0.05, 0.1) is 25.4 Å². The summed E-state index contributed by atoms with van der Waals surface area (Å²) in [6, 6.07) is 6.00. The molecule has 1 atom stereocenters. The number of sulfonamides is 1. The van der Waals surface area contributed by atoms with Crippen molar-refractivity contribution in [3.8, 4) is 5.75 Å². The zero-order valence-corrected chi connectivity index (χ0v) is 21.0. The topological polar surface area (TPSA) is 91.8 Å². The van der Waals surface area contributed by atoms with E-state index in [2.05, 4.69) is 26.4 Å². The Kier molecular flexibility index (Phi) is 11.3. The van der Waals surface area contributed by atoms with Crippen LogP contribution in [-0.4, -0.2) is 46.9 Å². The van der Waals surface area contributed by atoms with Gasteiger partial charge in [0, 0.05) is 18.7 Å². The lowest BCUT2D eigenvalue weighted by Crippen LogP contribution is -2.39. The molecule has 2 rings (SSSR count). The maximum atomic E-state index is 12.1. The van der Waals surface area contributed by atoms with E-state index in [4.69, 9.17) is 4.74 Å². The van der Waals surface area contributed by atoms with Gasteiger partial charge in [-0.2, -0.15) is 0 Å². The molecule has 1 aromatic carbocycles. The summed E-state index contributed by atoms with van der Waals surface area (Å²) in [5, 5.41) is 6.51. The van der Waals surface area contributed by atoms with E-state index in [1.165, 1.54) is 6.42 Å². The average Bonchev–Trinajstić information content (AvgIpc) is 2.60. The molecule has 9 heteroatoms. The van der Waals surface area contributed by atoms with Gasteiger partial charge in [-0.05, 0) is 45.6 Å². The Hall–Kier alpha value is -1.07. The van der Waals surface area contributed by atoms with E-state index in [1.807, 2.05) is 32.9 Å². The number of aryl methyl sites for hydroxylation is 1. The normalized spacial score (nSPS) is 15.8. The van der Waals surface area contributed by atoms with E-state index in [-0.39, 0.29) is 42.3 Å². The van der Waals surface area contributed by atoms with E-state index in [0.717, 1.165) is 29.7 Å². The summed E-state index contributed by atoms with van der Waals surface area (Å²) >= 11 is 0. The molecular formula is C20H35IN4O3S. The Morgan fingerprint density at radius 1 is 1.34 bits per heavy atom. The molecule has 1 aliphatic carbocycles. The fraction of sp³-hybridized carbons (Fsp3) is 0.650. The highest BCUT2D eigenvalue weighted by atomic mass is 127. The van der Waals surface area contributed by atoms with Crippen LogP contribution >= 0.6 is 24.0 Å². The van der Waals surface area contributed by atoms with Crippen LogP contribution < -0.4 is 20.1 Å². The van der Waals surface area contributed by atoms with Crippen molar-refractivity contribution in [2.45, 2.75) is 46.1 Å². The summed E-state index contributed by atoms with van der Waals surface area (Å²) in [5.74, 6) is 1.89. The van der Waals surface area contributed by atoms with Gasteiger partial charge in [0.25, 0.3) is 0 Å². The number of halogens is 1. The molecule has 1 unspecified atom stereocenters. The molecule has 1 saturated carbocycles. The van der Waals surface area contributed by atoms with Crippen molar-refractivity contribution in [3.63, 3.8) is 0 Å². The second-order valence-electron chi connectivity index (χ2n) is 7.34. The van der Waals surface area contributed by atoms with Gasteiger partial charge in [-0.3, -0.25) is 4.99 Å². The van der Waals surface area contributed by atoms with Gasteiger partial charge in [0.1, 0.15) is 5.75 Å². The third-order valence-corrected chi connectivity index (χ3v) is 6.32. The van der Waals surface area contributed by atoms with Crippen molar-refractivity contribution in [3.05, 3.63) is 29.3 Å². The Bertz CT molecular complexity index is 767. The Morgan fingerprint density at radius 2 is 2.07 bits per heavy atom. The second kappa shape index (κ2) is 12.6. The summed E-state index contributed by atoms with van der Waals surface area (Å²) < 4.78 is 32.4. The smallest absolute Gasteiger partial charge is 0.213 e. The number of rotatable bonds is 10. The minimum absolute atomic E-state index is 0. The average molecular weight is 538 g/mol. The second-order valence-corrected chi connectivity index (χ2v) is 9.26. The Morgan fingerprint density at radius 3 is 2.66 bits per heavy atom. The minimum atomic E-state index is -3.29. The molecule has 7 nitrogen and oxygen atoms in total. The molecule has 0 spiro atoms. The van der Waals surface area contributed by atoms with Crippen LogP contribution in [0.5, 0.6) is 5.75 Å². The maximum absolute atomic E-state index is 12.1. The van der Waals surface area contributed by atoms with E-state index in [1.54, 1.807) is 7.11 Å². The van der Waals surface area contributed by atoms with Crippen molar-refractivity contribution in [2.24, 2.45) is 10.9 Å². The van der Waals surface area contributed by atoms with Crippen LogP contribution in [-0.2, 0) is 10.0 Å². The minimum Gasteiger partial charge on any atom is -0.496 e. The predicted octanol–water partition coefficient (Wildman–Crippen LogP) is 2.96. The highest BCUT2D eigenvalue weighted by Crippen LogP contribution is 2.26. The maximum Gasteiger partial charge on any atom is 0.213 e. The van der Waals surface area contributed by atoms with Gasteiger partial charge in [0.15, 0.2) is 5.96 Å². The van der Waals surface area contributed by atoms with Crippen LogP contribution in [0.1, 0.15) is 50.3 Å². The van der Waals surface area contributed by atoms with Crippen molar-refractivity contribution in [1.29, 1.82) is 0 Å². The number of benzene rings is 1. The number of methoxy groups -OCH3 is 1. The first kappa shape index (κ1) is 26.0. The van der Waals surface area contributed by atoms with E-state index in [0.29, 0.717) is 25.0 Å². The van der Waals surface area contributed by atoms with E-state index in [9.17, 15) is 8.42 Å². The number of ether oxygens (including phenoxy) is 1. The van der Waals surface area contributed by atoms with Gasteiger partial charge < -0.3 is 15.4 Å². The van der Waals surface area contributed by atoms with Crippen molar-refractivity contribution >= 4 is 40.0 Å². The van der Waals surface area contributed by atoms with E-state index < -0.39 is 10.0 Å². The lowest BCUT2D eigenvalue weighted by molar-refractivity contribution is 0.316. The van der Waals surface area contributed by atoms with Crippen molar-refractivity contribution in [1.82, 2.24) is 15.4 Å². The molecule has 0 radical (unpaired) electrons. The highest BCUT2D eigenvalue weighted by molar-refractivity contribution is 14.0. The molecule has 0 heterocycles. The summed E-state index contributed by atoms with van der Waals surface area (Å²) in [4.78, 5) is 4.44. The third-order valence-electron chi connectivity index (χ3n) is 5.00. The predicted molar refractivity (Wildman–Crippen MR) is 130 cm³/mol. The lowest BCUT2D eigenvalue weighted by Gasteiger charge is -2.25. The van der Waals surface area contributed by atoms with Crippen LogP contribution in [0, 0.1) is 12.8 Å². The molecule has 0 aromatic heterocycles. The third kappa shape index (κ3) is 8.67. The summed E-state index contributed by atoms with van der Waals surface area (Å²) in [6.07, 6.45) is 3.45. The number of hydrogen-bond donors (Lipinski definition) is 3. The van der Waals surface area contributed by atoms with Gasteiger partial charge in [-0.1, -0.05) is 24.1 Å². The zero-order valence-electron chi connectivity index (χ0n) is 17.8. The highest BCUT2D eigenvalue weighted by Gasteiger charge is 2.20. The van der Waals surface area contributed by atoms with Crippen molar-refractivity contribution in [2.75, 3.05) is 32.5 Å². The first-order valence-electron chi connectivity index (χ1n) is 10.0. The molecule has 1 aromatic rings. The van der Waals surface area contributed by atoms with Crippen LogP contribution in [0.3, 0.4) is 0 Å². The molecule has 3 N–H and O–H groups in total. The number of aliphatic imine (C=N–C) groups is 1. The fourth-order valence-corrected chi connectivity index (χ4v) is 4.05. The molecule has 1 aliphatic rings. The number of guanidine groups is 1. The number of nitrogens with zero attached hydrogens (tertiary/aromatic N) is 1. The van der Waals surface area contributed by atoms with Crippen LogP contribution in [0.2, 0.25) is 0 Å². The lowest BCUT2D eigenvalue weighted by atomic mass is 9.86. The van der Waals surface area contributed by atoms with Gasteiger partial charge in [-0.15, -0.1) is 24.0 Å². The molecule has 0 amide bonds. The standard InChI is InChI=1S/C20H34N4O3S.HI/c1-5-21-20(22-11-12-28(25,26)23-14-17-7-6-8-17)24-16(3)18-13-15(2)9-10-19(18)27-4;/h9-10,13,16-17,23H,5-8,11-12,14H2,1-4H3,(H2,21,22,24);1H. The summed E-state index contributed by atoms with van der Waals surface area (Å²) in [7, 11) is -1.64. The molecule has 166 valence electrons. The van der Waals surface area contributed by atoms with Crippen LogP contribution in [0.15, 0.2) is 23.2 Å². The summed E-state index contributed by atoms with van der Waals surface area (Å²) in [5.41, 5.74) is 2.18. The monoisotopic (exact) mass is 538 g/mol. The molecule has 0 saturated heterocycles. The van der Waals surface area contributed by atoms with Crippen LogP contribution in [0.4, 0.5) is 0 Å². The number of nitrogens with one attached hydrogen (secondary N) is 3. The molecule has 0 bridgehead atoms. The molecule has 29 heavy (non-hydrogen) atoms. The quantitative estimate of drug-likeness (QED) is 0.242. The van der Waals surface area contributed by atoms with Gasteiger partial charge in [0.2, 0.25) is 10.0 Å². The largest absolute Gasteiger partial charge is 0.496 e.